The molecule has 5 heteroatoms. The first-order valence-electron chi connectivity index (χ1n) is 7.00. The first kappa shape index (κ1) is 13.1. The van der Waals surface area contributed by atoms with E-state index in [0.29, 0.717) is 13.0 Å². The lowest BCUT2D eigenvalue weighted by Crippen LogP contribution is -2.32. The van der Waals surface area contributed by atoms with Gasteiger partial charge in [-0.2, -0.15) is 0 Å². The molecule has 3 rings (SSSR count). The van der Waals surface area contributed by atoms with Gasteiger partial charge in [0, 0.05) is 25.0 Å². The Kier molecular flexibility index (Phi) is 3.58. The maximum atomic E-state index is 12.2. The van der Waals surface area contributed by atoms with Crippen molar-refractivity contribution in [2.45, 2.75) is 51.2 Å². The predicted molar refractivity (Wildman–Crippen MR) is 74.0 cm³/mol. The Hall–Kier alpha value is -0.940. The average molecular weight is 280 g/mol. The van der Waals surface area contributed by atoms with Gasteiger partial charge >= 0.3 is 0 Å². The van der Waals surface area contributed by atoms with E-state index in [0.717, 1.165) is 49.5 Å². The molecule has 1 atom stereocenters. The van der Waals surface area contributed by atoms with E-state index in [1.165, 1.54) is 0 Å². The van der Waals surface area contributed by atoms with Crippen LogP contribution < -0.4 is 0 Å². The molecule has 0 saturated carbocycles. The molecular formula is C14H20N2O2S. The first-order valence-corrected chi connectivity index (χ1v) is 7.88. The summed E-state index contributed by atoms with van der Waals surface area (Å²) in [6.07, 6.45) is 4.73. The fourth-order valence-electron chi connectivity index (χ4n) is 3.07. The van der Waals surface area contributed by atoms with Crippen LogP contribution in [0.25, 0.3) is 0 Å². The molecule has 2 aliphatic heterocycles. The Labute approximate surface area is 117 Å². The number of ether oxygens (including phenoxy) is 1. The summed E-state index contributed by atoms with van der Waals surface area (Å²) in [6, 6.07) is 0. The van der Waals surface area contributed by atoms with Crippen molar-refractivity contribution in [3.05, 3.63) is 16.1 Å². The van der Waals surface area contributed by atoms with Crippen molar-refractivity contribution in [2.75, 3.05) is 13.2 Å². The van der Waals surface area contributed by atoms with E-state index in [-0.39, 0.29) is 11.5 Å². The lowest BCUT2D eigenvalue weighted by molar-refractivity contribution is -0.131. The summed E-state index contributed by atoms with van der Waals surface area (Å²) in [7, 11) is 0. The number of hydrogen-bond acceptors (Lipinski definition) is 4. The van der Waals surface area contributed by atoms with E-state index in [2.05, 4.69) is 10.4 Å². The van der Waals surface area contributed by atoms with Gasteiger partial charge in [-0.15, -0.1) is 11.3 Å². The van der Waals surface area contributed by atoms with Gasteiger partial charge in [-0.25, -0.2) is 4.98 Å². The Morgan fingerprint density at radius 2 is 2.37 bits per heavy atom. The Balaban J connectivity index is 1.67. The summed E-state index contributed by atoms with van der Waals surface area (Å²) in [6.45, 7) is 4.31. The second-order valence-corrected chi connectivity index (χ2v) is 6.62. The van der Waals surface area contributed by atoms with Gasteiger partial charge in [-0.3, -0.25) is 4.79 Å². The highest BCUT2D eigenvalue weighted by Gasteiger charge is 2.38. The normalized spacial score (nSPS) is 28.1. The number of thiazole rings is 1. The standard InChI is InChI=1S/C14H20N2O2S/c1-11-15-12(10-19-11)9-16-7-6-14(4-2-8-18-14)5-3-13(16)17/h10H,2-9H2,1H3. The van der Waals surface area contributed by atoms with Crippen LogP contribution in [0.3, 0.4) is 0 Å². The number of carbonyl (C=O) groups excluding carboxylic acids is 1. The van der Waals surface area contributed by atoms with E-state index in [1.54, 1.807) is 11.3 Å². The van der Waals surface area contributed by atoms with Crippen molar-refractivity contribution >= 4 is 17.2 Å². The third-order valence-electron chi connectivity index (χ3n) is 4.19. The smallest absolute Gasteiger partial charge is 0.223 e. The molecule has 0 radical (unpaired) electrons. The Morgan fingerprint density at radius 3 is 3.05 bits per heavy atom. The third-order valence-corrected chi connectivity index (χ3v) is 5.01. The first-order chi connectivity index (χ1) is 9.17. The van der Waals surface area contributed by atoms with Gasteiger partial charge in [-0.05, 0) is 32.6 Å². The number of likely N-dealkylation sites (tertiary alicyclic amines) is 1. The molecule has 1 aromatic rings. The molecule has 104 valence electrons. The molecule has 4 nitrogen and oxygen atoms in total. The molecule has 2 saturated heterocycles. The summed E-state index contributed by atoms with van der Waals surface area (Å²) in [4.78, 5) is 18.6. The van der Waals surface area contributed by atoms with Crippen LogP contribution in [-0.2, 0) is 16.1 Å². The van der Waals surface area contributed by atoms with Crippen LogP contribution in [0.15, 0.2) is 5.38 Å². The summed E-state index contributed by atoms with van der Waals surface area (Å²) < 4.78 is 5.92. The summed E-state index contributed by atoms with van der Waals surface area (Å²) in [5, 5.41) is 3.11. The molecule has 1 amide bonds. The molecule has 2 fully saturated rings. The fraction of sp³-hybridized carbons (Fsp3) is 0.714. The van der Waals surface area contributed by atoms with Gasteiger partial charge in [0.15, 0.2) is 0 Å². The van der Waals surface area contributed by atoms with Crippen molar-refractivity contribution in [1.29, 1.82) is 0 Å². The highest BCUT2D eigenvalue weighted by molar-refractivity contribution is 7.09. The molecule has 19 heavy (non-hydrogen) atoms. The lowest BCUT2D eigenvalue weighted by Gasteiger charge is -2.26. The van der Waals surface area contributed by atoms with Gasteiger partial charge in [0.1, 0.15) is 0 Å². The molecule has 1 aromatic heterocycles. The van der Waals surface area contributed by atoms with Gasteiger partial charge in [0.25, 0.3) is 0 Å². The Morgan fingerprint density at radius 1 is 1.47 bits per heavy atom. The number of carbonyl (C=O) groups is 1. The number of aromatic nitrogens is 1. The maximum absolute atomic E-state index is 12.2. The topological polar surface area (TPSA) is 42.4 Å². The van der Waals surface area contributed by atoms with Crippen molar-refractivity contribution < 1.29 is 9.53 Å². The number of hydrogen-bond donors (Lipinski definition) is 0. The molecular weight excluding hydrogens is 260 g/mol. The molecule has 1 spiro atoms. The largest absolute Gasteiger partial charge is 0.375 e. The molecule has 0 aliphatic carbocycles. The maximum Gasteiger partial charge on any atom is 0.223 e. The molecule has 0 aromatic carbocycles. The lowest BCUT2D eigenvalue weighted by atomic mass is 9.92. The van der Waals surface area contributed by atoms with E-state index < -0.39 is 0 Å². The van der Waals surface area contributed by atoms with Gasteiger partial charge in [-0.1, -0.05) is 0 Å². The summed E-state index contributed by atoms with van der Waals surface area (Å²) in [5.41, 5.74) is 1.00. The average Bonchev–Trinajstić information content (AvgIpc) is 2.98. The van der Waals surface area contributed by atoms with Gasteiger partial charge in [0.05, 0.1) is 22.8 Å². The summed E-state index contributed by atoms with van der Waals surface area (Å²) in [5.74, 6) is 0.248. The minimum Gasteiger partial charge on any atom is -0.375 e. The van der Waals surface area contributed by atoms with Crippen LogP contribution in [0.1, 0.15) is 42.8 Å². The minimum atomic E-state index is -0.0115. The van der Waals surface area contributed by atoms with Crippen molar-refractivity contribution in [2.24, 2.45) is 0 Å². The Bertz CT molecular complexity index is 466. The molecule has 0 bridgehead atoms. The van der Waals surface area contributed by atoms with E-state index in [1.807, 2.05) is 11.8 Å². The van der Waals surface area contributed by atoms with Crippen molar-refractivity contribution in [3.63, 3.8) is 0 Å². The predicted octanol–water partition coefficient (Wildman–Crippen LogP) is 2.51. The molecule has 1 unspecified atom stereocenters. The number of rotatable bonds is 2. The molecule has 0 N–H and O–H groups in total. The zero-order chi connectivity index (χ0) is 13.3. The van der Waals surface area contributed by atoms with Crippen LogP contribution in [0.2, 0.25) is 0 Å². The van der Waals surface area contributed by atoms with Gasteiger partial charge < -0.3 is 9.64 Å². The number of amides is 1. The van der Waals surface area contributed by atoms with E-state index in [9.17, 15) is 4.79 Å². The number of aryl methyl sites for hydroxylation is 1. The molecule has 3 heterocycles. The number of nitrogens with zero attached hydrogens (tertiary/aromatic N) is 2. The van der Waals surface area contributed by atoms with E-state index >= 15 is 0 Å². The van der Waals surface area contributed by atoms with Crippen molar-refractivity contribution in [1.82, 2.24) is 9.88 Å². The van der Waals surface area contributed by atoms with E-state index in [4.69, 9.17) is 4.74 Å². The van der Waals surface area contributed by atoms with Crippen LogP contribution >= 0.6 is 11.3 Å². The summed E-state index contributed by atoms with van der Waals surface area (Å²) >= 11 is 1.64. The third kappa shape index (κ3) is 2.82. The van der Waals surface area contributed by atoms with Crippen LogP contribution in [0.4, 0.5) is 0 Å². The second kappa shape index (κ2) is 5.21. The SMILES string of the molecule is Cc1nc(CN2CCC3(CCCO3)CCC2=O)cs1. The highest BCUT2D eigenvalue weighted by atomic mass is 32.1. The van der Waals surface area contributed by atoms with Crippen LogP contribution in [-0.4, -0.2) is 34.5 Å². The zero-order valence-corrected chi connectivity index (χ0v) is 12.2. The highest BCUT2D eigenvalue weighted by Crippen LogP contribution is 2.36. The van der Waals surface area contributed by atoms with Crippen LogP contribution in [0, 0.1) is 6.92 Å². The zero-order valence-electron chi connectivity index (χ0n) is 11.4. The fourth-order valence-corrected chi connectivity index (χ4v) is 3.68. The minimum absolute atomic E-state index is 0.0115. The van der Waals surface area contributed by atoms with Crippen LogP contribution in [0.5, 0.6) is 0 Å². The second-order valence-electron chi connectivity index (χ2n) is 5.56. The quantitative estimate of drug-likeness (QED) is 0.836. The monoisotopic (exact) mass is 280 g/mol. The van der Waals surface area contributed by atoms with Gasteiger partial charge in [0.2, 0.25) is 5.91 Å². The molecule has 2 aliphatic rings. The van der Waals surface area contributed by atoms with Crippen molar-refractivity contribution in [3.8, 4) is 0 Å².